The molecule has 0 radical (unpaired) electrons. The van der Waals surface area contributed by atoms with E-state index in [4.69, 9.17) is 0 Å². The predicted molar refractivity (Wildman–Crippen MR) is 109 cm³/mol. The van der Waals surface area contributed by atoms with Crippen LogP contribution in [0.15, 0.2) is 47.3 Å². The minimum Gasteiger partial charge on any atom is -0.277 e. The third-order valence-electron chi connectivity index (χ3n) is 4.57. The summed E-state index contributed by atoms with van der Waals surface area (Å²) in [5, 5.41) is 0.962. The van der Waals surface area contributed by atoms with Gasteiger partial charge in [-0.1, -0.05) is 18.2 Å². The zero-order valence-corrected chi connectivity index (χ0v) is 16.1. The number of halogens is 1. The molecule has 6 nitrogen and oxygen atoms in total. The van der Waals surface area contributed by atoms with Crippen LogP contribution in [0, 0.1) is 12.7 Å². The summed E-state index contributed by atoms with van der Waals surface area (Å²) >= 11 is 1.22. The number of carbonyl (C=O) groups excluding carboxylic acids is 1. The molecular weight excluding hydrogens is 379 g/mol. The van der Waals surface area contributed by atoms with Crippen LogP contribution in [-0.2, 0) is 6.54 Å². The third-order valence-corrected chi connectivity index (χ3v) is 5.83. The zero-order chi connectivity index (χ0) is 19.8. The maximum Gasteiger partial charge on any atom is 0.280 e. The first kappa shape index (κ1) is 18.1. The summed E-state index contributed by atoms with van der Waals surface area (Å²) in [6, 6.07) is 11.8. The maximum absolute atomic E-state index is 14.1. The van der Waals surface area contributed by atoms with Gasteiger partial charge in [-0.25, -0.2) is 9.37 Å². The summed E-state index contributed by atoms with van der Waals surface area (Å²) in [5.74, 6) is -0.526. The van der Waals surface area contributed by atoms with E-state index in [0.29, 0.717) is 38.0 Å². The molecule has 0 spiro atoms. The number of thiophene rings is 1. The molecule has 0 saturated carbocycles. The quantitative estimate of drug-likeness (QED) is 0.514. The van der Waals surface area contributed by atoms with Gasteiger partial charge in [-0.15, -0.1) is 11.3 Å². The standard InChI is InChI=1S/C20H17FN4O2S/c1-3-25-19(27)12-7-4-5-9-14(12)22-20(25)24-23-18(26)17-11(2)16-13(21)8-6-10-15(16)28-17/h4-10H,3H2,1-2H3,(H,22,24)(H,23,26). The first-order valence-electron chi connectivity index (χ1n) is 8.74. The Hall–Kier alpha value is -3.26. The lowest BCUT2D eigenvalue weighted by Gasteiger charge is -2.13. The summed E-state index contributed by atoms with van der Waals surface area (Å²) in [6.07, 6.45) is 0. The van der Waals surface area contributed by atoms with Gasteiger partial charge < -0.3 is 0 Å². The SMILES string of the molecule is CCn1c(NNC(=O)c2sc3cccc(F)c3c2C)nc2ccccc2c1=O. The number of nitrogens with one attached hydrogen (secondary N) is 2. The molecule has 2 heterocycles. The third kappa shape index (κ3) is 2.91. The molecule has 8 heteroatoms. The molecular formula is C20H17FN4O2S. The minimum absolute atomic E-state index is 0.190. The molecule has 0 aliphatic carbocycles. The van der Waals surface area contributed by atoms with E-state index < -0.39 is 5.91 Å². The van der Waals surface area contributed by atoms with E-state index >= 15 is 0 Å². The smallest absolute Gasteiger partial charge is 0.277 e. The molecule has 1 amide bonds. The lowest BCUT2D eigenvalue weighted by molar-refractivity contribution is 0.0965. The molecule has 2 N–H and O–H groups in total. The van der Waals surface area contributed by atoms with E-state index in [1.54, 1.807) is 43.3 Å². The fraction of sp³-hybridized carbons (Fsp3) is 0.150. The molecule has 28 heavy (non-hydrogen) atoms. The van der Waals surface area contributed by atoms with Crippen molar-refractivity contribution in [3.8, 4) is 0 Å². The zero-order valence-electron chi connectivity index (χ0n) is 15.2. The van der Waals surface area contributed by atoms with Crippen LogP contribution >= 0.6 is 11.3 Å². The van der Waals surface area contributed by atoms with Crippen LogP contribution in [0.25, 0.3) is 21.0 Å². The summed E-state index contributed by atoms with van der Waals surface area (Å²) in [7, 11) is 0. The number of nitrogens with zero attached hydrogens (tertiary/aromatic N) is 2. The van der Waals surface area contributed by atoms with E-state index in [0.717, 1.165) is 0 Å². The Morgan fingerprint density at radius 3 is 2.75 bits per heavy atom. The molecule has 0 saturated heterocycles. The van der Waals surface area contributed by atoms with Crippen LogP contribution in [-0.4, -0.2) is 15.5 Å². The van der Waals surface area contributed by atoms with Gasteiger partial charge in [0.05, 0.1) is 15.8 Å². The number of hydrogen-bond acceptors (Lipinski definition) is 5. The van der Waals surface area contributed by atoms with Crippen LogP contribution in [0.2, 0.25) is 0 Å². The van der Waals surface area contributed by atoms with E-state index in [1.807, 2.05) is 6.92 Å². The van der Waals surface area contributed by atoms with Crippen molar-refractivity contribution >= 4 is 44.2 Å². The fourth-order valence-corrected chi connectivity index (χ4v) is 4.31. The Morgan fingerprint density at radius 1 is 1.21 bits per heavy atom. The van der Waals surface area contributed by atoms with Crippen molar-refractivity contribution in [2.24, 2.45) is 0 Å². The molecule has 0 aliphatic heterocycles. The van der Waals surface area contributed by atoms with Crippen molar-refractivity contribution < 1.29 is 9.18 Å². The number of benzene rings is 2. The molecule has 0 unspecified atom stereocenters. The number of aromatic nitrogens is 2. The summed E-state index contributed by atoms with van der Waals surface area (Å²) < 4.78 is 16.2. The normalized spacial score (nSPS) is 11.1. The first-order chi connectivity index (χ1) is 13.5. The lowest BCUT2D eigenvalue weighted by atomic mass is 10.1. The number of para-hydroxylation sites is 1. The number of anilines is 1. The number of fused-ring (bicyclic) bond motifs is 2. The maximum atomic E-state index is 14.1. The molecule has 0 bridgehead atoms. The van der Waals surface area contributed by atoms with Crippen molar-refractivity contribution in [1.29, 1.82) is 0 Å². The van der Waals surface area contributed by atoms with Gasteiger partial charge in [0.25, 0.3) is 11.5 Å². The van der Waals surface area contributed by atoms with Gasteiger partial charge >= 0.3 is 0 Å². The van der Waals surface area contributed by atoms with Crippen LogP contribution < -0.4 is 16.4 Å². The fourth-order valence-electron chi connectivity index (χ4n) is 3.20. The number of hydrogen-bond donors (Lipinski definition) is 2. The van der Waals surface area contributed by atoms with Gasteiger partial charge in [0.2, 0.25) is 5.95 Å². The highest BCUT2D eigenvalue weighted by atomic mass is 32.1. The van der Waals surface area contributed by atoms with E-state index in [-0.39, 0.29) is 17.3 Å². The highest BCUT2D eigenvalue weighted by Gasteiger charge is 2.18. The molecule has 2 aromatic carbocycles. The largest absolute Gasteiger partial charge is 0.280 e. The Kier molecular flexibility index (Phi) is 4.56. The van der Waals surface area contributed by atoms with Gasteiger partial charge in [0.1, 0.15) is 5.82 Å². The van der Waals surface area contributed by atoms with Gasteiger partial charge in [-0.2, -0.15) is 0 Å². The second kappa shape index (κ2) is 7.05. The molecule has 2 aromatic heterocycles. The van der Waals surface area contributed by atoms with Crippen molar-refractivity contribution in [3.05, 3.63) is 69.1 Å². The van der Waals surface area contributed by atoms with Crippen LogP contribution in [0.5, 0.6) is 0 Å². The first-order valence-corrected chi connectivity index (χ1v) is 9.56. The number of hydrazine groups is 1. The highest BCUT2D eigenvalue weighted by Crippen LogP contribution is 2.32. The molecule has 0 fully saturated rings. The average Bonchev–Trinajstić information content (AvgIpc) is 3.04. The molecule has 0 aliphatic rings. The Morgan fingerprint density at radius 2 is 2.00 bits per heavy atom. The van der Waals surface area contributed by atoms with E-state index in [1.165, 1.54) is 22.0 Å². The molecule has 4 aromatic rings. The van der Waals surface area contributed by atoms with Crippen molar-refractivity contribution in [3.63, 3.8) is 0 Å². The van der Waals surface area contributed by atoms with Crippen LogP contribution in [0.3, 0.4) is 0 Å². The van der Waals surface area contributed by atoms with Crippen LogP contribution in [0.4, 0.5) is 10.3 Å². The van der Waals surface area contributed by atoms with E-state index in [9.17, 15) is 14.0 Å². The van der Waals surface area contributed by atoms with Crippen LogP contribution in [0.1, 0.15) is 22.2 Å². The van der Waals surface area contributed by atoms with Gasteiger partial charge in [0, 0.05) is 16.6 Å². The van der Waals surface area contributed by atoms with Crippen molar-refractivity contribution in [1.82, 2.24) is 15.0 Å². The Labute approximate surface area is 163 Å². The summed E-state index contributed by atoms with van der Waals surface area (Å²) in [5.41, 5.74) is 6.25. The van der Waals surface area contributed by atoms with Gasteiger partial charge in [0.15, 0.2) is 0 Å². The number of aryl methyl sites for hydroxylation is 1. The van der Waals surface area contributed by atoms with Crippen molar-refractivity contribution in [2.45, 2.75) is 20.4 Å². The molecule has 0 atom stereocenters. The van der Waals surface area contributed by atoms with Gasteiger partial charge in [-0.05, 0) is 43.7 Å². The molecule has 142 valence electrons. The van der Waals surface area contributed by atoms with Gasteiger partial charge in [-0.3, -0.25) is 25.0 Å². The Balaban J connectivity index is 1.67. The average molecular weight is 396 g/mol. The second-order valence-corrected chi connectivity index (χ2v) is 7.30. The Bertz CT molecular complexity index is 1280. The lowest BCUT2D eigenvalue weighted by Crippen LogP contribution is -2.34. The second-order valence-electron chi connectivity index (χ2n) is 6.25. The minimum atomic E-state index is -0.414. The highest BCUT2D eigenvalue weighted by molar-refractivity contribution is 7.21. The van der Waals surface area contributed by atoms with E-state index in [2.05, 4.69) is 15.8 Å². The molecule has 4 rings (SSSR count). The number of carbonyl (C=O) groups is 1. The van der Waals surface area contributed by atoms with Crippen molar-refractivity contribution in [2.75, 3.05) is 5.43 Å². The topological polar surface area (TPSA) is 76.0 Å². The number of rotatable bonds is 4. The monoisotopic (exact) mass is 396 g/mol. The predicted octanol–water partition coefficient (Wildman–Crippen LogP) is 3.84. The summed E-state index contributed by atoms with van der Waals surface area (Å²) in [4.78, 5) is 30.1. The summed E-state index contributed by atoms with van der Waals surface area (Å²) in [6.45, 7) is 3.93. The number of amides is 1.